The van der Waals surface area contributed by atoms with Gasteiger partial charge in [-0.05, 0) is 14.1 Å². The zero-order valence-corrected chi connectivity index (χ0v) is 8.61. The summed E-state index contributed by atoms with van der Waals surface area (Å²) in [6, 6.07) is 0. The number of likely N-dealkylation sites (N-methyl/N-ethyl adjacent to an activating group) is 1. The molecule has 0 unspecified atom stereocenters. The Bertz CT molecular complexity index is 234. The normalized spacial score (nSPS) is 10.8. The Morgan fingerprint density at radius 2 is 1.80 bits per heavy atom. The third kappa shape index (κ3) is 5.95. The minimum atomic E-state index is -3.16. The molecule has 0 radical (unpaired) electrons. The highest BCUT2D eigenvalue weighted by Gasteiger charge is 2.24. The highest BCUT2D eigenvalue weighted by Crippen LogP contribution is 2.00. The second kappa shape index (κ2) is 6.28. The van der Waals surface area contributed by atoms with Crippen LogP contribution >= 0.6 is 0 Å². The number of carbonyl (C=O) groups is 2. The first kappa shape index (κ1) is 13.8. The van der Waals surface area contributed by atoms with Gasteiger partial charge in [-0.3, -0.25) is 9.59 Å². The van der Waals surface area contributed by atoms with Crippen molar-refractivity contribution in [1.82, 2.24) is 9.80 Å². The lowest BCUT2D eigenvalue weighted by Gasteiger charge is -2.22. The van der Waals surface area contributed by atoms with E-state index in [1.807, 2.05) is 0 Å². The first-order chi connectivity index (χ1) is 6.84. The van der Waals surface area contributed by atoms with Crippen LogP contribution < -0.4 is 0 Å². The summed E-state index contributed by atoms with van der Waals surface area (Å²) in [6.07, 6.45) is -3.16. The summed E-state index contributed by atoms with van der Waals surface area (Å²) in [5.41, 5.74) is 0. The van der Waals surface area contributed by atoms with Crippen LogP contribution in [0.5, 0.6) is 0 Å². The fourth-order valence-corrected chi connectivity index (χ4v) is 0.889. The number of rotatable bonds is 6. The van der Waals surface area contributed by atoms with E-state index in [1.54, 1.807) is 19.0 Å². The van der Waals surface area contributed by atoms with Gasteiger partial charge in [-0.15, -0.1) is 0 Å². The SMILES string of the molecule is CN(C)CCN(CC(=O)O)C(=O)C(F)F. The molecule has 0 aliphatic rings. The lowest BCUT2D eigenvalue weighted by atomic mass is 10.4. The van der Waals surface area contributed by atoms with E-state index in [0.717, 1.165) is 0 Å². The second-order valence-electron chi connectivity index (χ2n) is 3.26. The largest absolute Gasteiger partial charge is 0.480 e. The number of nitrogens with zero attached hydrogens (tertiary/aromatic N) is 2. The Hall–Kier alpha value is -1.24. The molecule has 0 aliphatic carbocycles. The molecule has 7 heteroatoms. The molecular formula is C8H14F2N2O3. The van der Waals surface area contributed by atoms with Gasteiger partial charge in [0.1, 0.15) is 6.54 Å². The van der Waals surface area contributed by atoms with Crippen molar-refractivity contribution in [1.29, 1.82) is 0 Å². The fourth-order valence-electron chi connectivity index (χ4n) is 0.889. The van der Waals surface area contributed by atoms with E-state index >= 15 is 0 Å². The molecular weight excluding hydrogens is 210 g/mol. The van der Waals surface area contributed by atoms with Crippen molar-refractivity contribution in [2.24, 2.45) is 0 Å². The molecule has 0 aromatic rings. The molecule has 15 heavy (non-hydrogen) atoms. The van der Waals surface area contributed by atoms with Crippen molar-refractivity contribution in [3.05, 3.63) is 0 Å². The molecule has 1 N–H and O–H groups in total. The Morgan fingerprint density at radius 3 is 2.13 bits per heavy atom. The third-order valence-corrected chi connectivity index (χ3v) is 1.64. The summed E-state index contributed by atoms with van der Waals surface area (Å²) in [5.74, 6) is -2.75. The van der Waals surface area contributed by atoms with Gasteiger partial charge in [-0.2, -0.15) is 8.78 Å². The van der Waals surface area contributed by atoms with Gasteiger partial charge in [0.2, 0.25) is 0 Å². The smallest absolute Gasteiger partial charge is 0.323 e. The van der Waals surface area contributed by atoms with Gasteiger partial charge >= 0.3 is 12.4 Å². The predicted octanol–water partition coefficient (Wildman–Crippen LogP) is -0.274. The summed E-state index contributed by atoms with van der Waals surface area (Å²) >= 11 is 0. The minimum absolute atomic E-state index is 0.0253. The van der Waals surface area contributed by atoms with Crippen LogP contribution in [0, 0.1) is 0 Å². The van der Waals surface area contributed by atoms with Crippen LogP contribution in [0.1, 0.15) is 0 Å². The van der Waals surface area contributed by atoms with Crippen molar-refractivity contribution < 1.29 is 23.5 Å². The Labute approximate surface area is 86.3 Å². The van der Waals surface area contributed by atoms with Gasteiger partial charge in [0.25, 0.3) is 5.91 Å². The van der Waals surface area contributed by atoms with Crippen molar-refractivity contribution in [2.45, 2.75) is 6.43 Å². The summed E-state index contributed by atoms with van der Waals surface area (Å²) in [5, 5.41) is 8.43. The van der Waals surface area contributed by atoms with E-state index in [9.17, 15) is 18.4 Å². The monoisotopic (exact) mass is 224 g/mol. The summed E-state index contributed by atoms with van der Waals surface area (Å²) in [4.78, 5) is 23.5. The van der Waals surface area contributed by atoms with E-state index in [0.29, 0.717) is 11.4 Å². The maximum Gasteiger partial charge on any atom is 0.323 e. The molecule has 1 amide bonds. The Kier molecular flexibility index (Phi) is 5.76. The maximum absolute atomic E-state index is 12.1. The number of halogens is 2. The van der Waals surface area contributed by atoms with E-state index in [2.05, 4.69) is 0 Å². The van der Waals surface area contributed by atoms with Gasteiger partial charge in [0.15, 0.2) is 0 Å². The lowest BCUT2D eigenvalue weighted by Crippen LogP contribution is -2.42. The second-order valence-corrected chi connectivity index (χ2v) is 3.26. The molecule has 0 bridgehead atoms. The number of carboxylic acid groups (broad SMARTS) is 1. The van der Waals surface area contributed by atoms with Crippen LogP contribution in [0.4, 0.5) is 8.78 Å². The first-order valence-electron chi connectivity index (χ1n) is 4.28. The third-order valence-electron chi connectivity index (χ3n) is 1.64. The molecule has 0 aliphatic heterocycles. The number of hydrogen-bond donors (Lipinski definition) is 1. The highest BCUT2D eigenvalue weighted by molar-refractivity contribution is 5.83. The van der Waals surface area contributed by atoms with E-state index in [4.69, 9.17) is 5.11 Å². The van der Waals surface area contributed by atoms with Crippen LogP contribution in [-0.2, 0) is 9.59 Å². The van der Waals surface area contributed by atoms with Crippen LogP contribution in [-0.4, -0.2) is 66.9 Å². The lowest BCUT2D eigenvalue weighted by molar-refractivity contribution is -0.150. The van der Waals surface area contributed by atoms with Crippen molar-refractivity contribution in [3.8, 4) is 0 Å². The summed E-state index contributed by atoms with van der Waals surface area (Å²) < 4.78 is 24.1. The number of carboxylic acids is 1. The minimum Gasteiger partial charge on any atom is -0.480 e. The van der Waals surface area contributed by atoms with Gasteiger partial charge in [-0.1, -0.05) is 0 Å². The fraction of sp³-hybridized carbons (Fsp3) is 0.750. The zero-order valence-electron chi connectivity index (χ0n) is 8.61. The van der Waals surface area contributed by atoms with Crippen molar-refractivity contribution >= 4 is 11.9 Å². The van der Waals surface area contributed by atoms with E-state index < -0.39 is 24.8 Å². The first-order valence-corrected chi connectivity index (χ1v) is 4.28. The van der Waals surface area contributed by atoms with Crippen LogP contribution in [0.2, 0.25) is 0 Å². The number of carbonyl (C=O) groups excluding carboxylic acids is 1. The van der Waals surface area contributed by atoms with Gasteiger partial charge in [0, 0.05) is 13.1 Å². The van der Waals surface area contributed by atoms with Gasteiger partial charge < -0.3 is 14.9 Å². The van der Waals surface area contributed by atoms with Crippen LogP contribution in [0.3, 0.4) is 0 Å². The maximum atomic E-state index is 12.1. The topological polar surface area (TPSA) is 60.9 Å². The van der Waals surface area contributed by atoms with Crippen molar-refractivity contribution in [2.75, 3.05) is 33.7 Å². The molecule has 0 aromatic heterocycles. The Balaban J connectivity index is 4.30. The average Bonchev–Trinajstić information content (AvgIpc) is 2.10. The predicted molar refractivity (Wildman–Crippen MR) is 48.8 cm³/mol. The van der Waals surface area contributed by atoms with Gasteiger partial charge in [-0.25, -0.2) is 0 Å². The standard InChI is InChI=1S/C8H14F2N2O3/c1-11(2)3-4-12(5-6(13)14)8(15)7(9)10/h7H,3-5H2,1-2H3,(H,13,14). The van der Waals surface area contributed by atoms with E-state index in [-0.39, 0.29) is 6.54 Å². The molecule has 0 rings (SSSR count). The van der Waals surface area contributed by atoms with Crippen LogP contribution in [0.15, 0.2) is 0 Å². The van der Waals surface area contributed by atoms with Crippen LogP contribution in [0.25, 0.3) is 0 Å². The number of amides is 1. The quantitative estimate of drug-likeness (QED) is 0.674. The highest BCUT2D eigenvalue weighted by atomic mass is 19.3. The van der Waals surface area contributed by atoms with Gasteiger partial charge in [0.05, 0.1) is 0 Å². The number of alkyl halides is 2. The number of hydrogen-bond acceptors (Lipinski definition) is 3. The molecule has 0 heterocycles. The molecule has 0 aromatic carbocycles. The molecule has 0 spiro atoms. The summed E-state index contributed by atoms with van der Waals surface area (Å²) in [7, 11) is 3.40. The zero-order chi connectivity index (χ0) is 12.0. The molecule has 0 saturated carbocycles. The molecule has 0 fully saturated rings. The molecule has 0 atom stereocenters. The summed E-state index contributed by atoms with van der Waals surface area (Å²) in [6.45, 7) is -0.384. The number of aliphatic carboxylic acids is 1. The molecule has 5 nitrogen and oxygen atoms in total. The molecule has 0 saturated heterocycles. The molecule has 88 valence electrons. The van der Waals surface area contributed by atoms with E-state index in [1.165, 1.54) is 0 Å². The average molecular weight is 224 g/mol. The Morgan fingerprint density at radius 1 is 1.27 bits per heavy atom. The van der Waals surface area contributed by atoms with Crippen molar-refractivity contribution in [3.63, 3.8) is 0 Å².